The first-order chi connectivity index (χ1) is 13.5. The van der Waals surface area contributed by atoms with Crippen molar-refractivity contribution in [3.05, 3.63) is 76.1 Å². The molecule has 28 heavy (non-hydrogen) atoms. The summed E-state index contributed by atoms with van der Waals surface area (Å²) in [7, 11) is 0. The van der Waals surface area contributed by atoms with Crippen LogP contribution in [0, 0.1) is 19.8 Å². The molecule has 1 N–H and O–H groups in total. The Morgan fingerprint density at radius 2 is 1.93 bits per heavy atom. The third-order valence-corrected chi connectivity index (χ3v) is 5.92. The zero-order valence-electron chi connectivity index (χ0n) is 15.8. The fourth-order valence-corrected chi connectivity index (χ4v) is 4.47. The number of hydrogen-bond donors (Lipinski definition) is 1. The van der Waals surface area contributed by atoms with Gasteiger partial charge in [0.15, 0.2) is 0 Å². The quantitative estimate of drug-likeness (QED) is 0.713. The van der Waals surface area contributed by atoms with E-state index in [1.54, 1.807) is 22.4 Å². The van der Waals surface area contributed by atoms with Crippen LogP contribution in [0.4, 0.5) is 11.5 Å². The number of nitrogens with zero attached hydrogens (tertiary/aromatic N) is 2. The number of rotatable bonds is 4. The normalized spacial score (nSPS) is 19.1. The van der Waals surface area contributed by atoms with Gasteiger partial charge in [-0.3, -0.25) is 9.59 Å². The molecule has 1 aromatic carbocycles. The Morgan fingerprint density at radius 3 is 2.61 bits per heavy atom. The van der Waals surface area contributed by atoms with Crippen LogP contribution in [0.1, 0.15) is 28.5 Å². The van der Waals surface area contributed by atoms with Gasteiger partial charge in [-0.2, -0.15) is 0 Å². The first-order valence-electron chi connectivity index (χ1n) is 9.18. The summed E-state index contributed by atoms with van der Waals surface area (Å²) in [5.74, 6) is -0.190. The number of anilines is 2. The first-order valence-corrected chi connectivity index (χ1v) is 10.1. The Kier molecular flexibility index (Phi) is 4.96. The van der Waals surface area contributed by atoms with Crippen LogP contribution < -0.4 is 10.2 Å². The molecule has 2 atom stereocenters. The summed E-state index contributed by atoms with van der Waals surface area (Å²) < 4.78 is 0. The van der Waals surface area contributed by atoms with Crippen molar-refractivity contribution in [2.45, 2.75) is 26.3 Å². The van der Waals surface area contributed by atoms with Gasteiger partial charge >= 0.3 is 0 Å². The lowest BCUT2D eigenvalue weighted by Gasteiger charge is -2.27. The second-order valence-corrected chi connectivity index (χ2v) is 8.06. The number of aryl methyl sites for hydroxylation is 2. The first kappa shape index (κ1) is 18.4. The van der Waals surface area contributed by atoms with Crippen molar-refractivity contribution in [3.8, 4) is 0 Å². The molecule has 0 saturated carbocycles. The van der Waals surface area contributed by atoms with Crippen molar-refractivity contribution >= 4 is 34.7 Å². The van der Waals surface area contributed by atoms with Gasteiger partial charge in [0.2, 0.25) is 11.8 Å². The minimum Gasteiger partial charge on any atom is -0.310 e. The van der Waals surface area contributed by atoms with Gasteiger partial charge in [-0.05, 0) is 55.1 Å². The summed E-state index contributed by atoms with van der Waals surface area (Å²) in [6.07, 6.45) is 1.84. The van der Waals surface area contributed by atoms with Crippen LogP contribution in [0.15, 0.2) is 60.1 Å². The molecule has 0 spiro atoms. The van der Waals surface area contributed by atoms with Crippen molar-refractivity contribution < 1.29 is 9.59 Å². The Hall–Kier alpha value is -2.99. The SMILES string of the molecule is Cc1ccc(N2C(=O)C[C@@H](C(=O)Nc3cc(C)ccn3)[C@@H]2c2cccs2)cc1. The van der Waals surface area contributed by atoms with Gasteiger partial charge in [0.05, 0.1) is 12.0 Å². The van der Waals surface area contributed by atoms with Crippen LogP contribution in [-0.4, -0.2) is 16.8 Å². The number of amides is 2. The average Bonchev–Trinajstić information content (AvgIpc) is 3.30. The monoisotopic (exact) mass is 391 g/mol. The average molecular weight is 391 g/mol. The van der Waals surface area contributed by atoms with Gasteiger partial charge in [0.1, 0.15) is 5.82 Å². The number of nitrogens with one attached hydrogen (secondary N) is 1. The molecule has 1 aliphatic heterocycles. The van der Waals surface area contributed by atoms with Gasteiger partial charge < -0.3 is 10.2 Å². The maximum Gasteiger partial charge on any atom is 0.231 e. The van der Waals surface area contributed by atoms with Crippen LogP contribution in [0.2, 0.25) is 0 Å². The molecule has 0 bridgehead atoms. The summed E-state index contributed by atoms with van der Waals surface area (Å²) in [5.41, 5.74) is 2.96. The highest BCUT2D eigenvalue weighted by Crippen LogP contribution is 2.43. The van der Waals surface area contributed by atoms with E-state index in [0.29, 0.717) is 5.82 Å². The summed E-state index contributed by atoms with van der Waals surface area (Å²) in [4.78, 5) is 33.0. The molecule has 3 heterocycles. The van der Waals surface area contributed by atoms with E-state index in [0.717, 1.165) is 21.7 Å². The zero-order valence-corrected chi connectivity index (χ0v) is 16.6. The minimum atomic E-state index is -0.477. The minimum absolute atomic E-state index is 0.0420. The number of benzene rings is 1. The van der Waals surface area contributed by atoms with Gasteiger partial charge in [-0.25, -0.2) is 4.98 Å². The molecule has 6 heteroatoms. The maximum atomic E-state index is 13.1. The van der Waals surface area contributed by atoms with Gasteiger partial charge in [0.25, 0.3) is 0 Å². The second-order valence-electron chi connectivity index (χ2n) is 7.08. The molecule has 5 nitrogen and oxygen atoms in total. The van der Waals surface area contributed by atoms with Crippen molar-refractivity contribution in [2.24, 2.45) is 5.92 Å². The number of aromatic nitrogens is 1. The Morgan fingerprint density at radius 1 is 1.14 bits per heavy atom. The fraction of sp³-hybridized carbons (Fsp3) is 0.227. The van der Waals surface area contributed by atoms with Crippen molar-refractivity contribution in [1.82, 2.24) is 4.98 Å². The molecule has 0 aliphatic carbocycles. The van der Waals surface area contributed by atoms with Gasteiger partial charge in [-0.1, -0.05) is 23.8 Å². The van der Waals surface area contributed by atoms with E-state index in [9.17, 15) is 9.59 Å². The molecule has 3 aromatic rings. The lowest BCUT2D eigenvalue weighted by atomic mass is 9.97. The topological polar surface area (TPSA) is 62.3 Å². The van der Waals surface area contributed by atoms with E-state index >= 15 is 0 Å². The van der Waals surface area contributed by atoms with E-state index in [1.807, 2.05) is 67.8 Å². The molecule has 2 aromatic heterocycles. The standard InChI is InChI=1S/C22H21N3O2S/c1-14-5-7-16(8-6-14)25-20(26)13-17(21(25)18-4-3-11-28-18)22(27)24-19-12-15(2)9-10-23-19/h3-12,17,21H,13H2,1-2H3,(H,23,24,27)/t17-,21-/m1/s1. The predicted octanol–water partition coefficient (Wildman–Crippen LogP) is 4.49. The number of pyridine rings is 1. The van der Waals surface area contributed by atoms with Gasteiger partial charge in [0, 0.05) is 23.2 Å². The van der Waals surface area contributed by atoms with Crippen molar-refractivity contribution in [2.75, 3.05) is 10.2 Å². The third kappa shape index (κ3) is 3.55. The number of hydrogen-bond acceptors (Lipinski definition) is 4. The lowest BCUT2D eigenvalue weighted by Crippen LogP contribution is -2.32. The molecule has 1 aliphatic rings. The predicted molar refractivity (Wildman–Crippen MR) is 111 cm³/mol. The molecule has 1 fully saturated rings. The maximum absolute atomic E-state index is 13.1. The van der Waals surface area contributed by atoms with Crippen molar-refractivity contribution in [1.29, 1.82) is 0 Å². The van der Waals surface area contributed by atoms with Crippen LogP contribution in [0.5, 0.6) is 0 Å². The number of carbonyl (C=O) groups is 2. The molecule has 2 amide bonds. The highest BCUT2D eigenvalue weighted by atomic mass is 32.1. The Bertz CT molecular complexity index is 999. The molecular formula is C22H21N3O2S. The van der Waals surface area contributed by atoms with Gasteiger partial charge in [-0.15, -0.1) is 11.3 Å². The van der Waals surface area contributed by atoms with E-state index in [1.165, 1.54) is 0 Å². The van der Waals surface area contributed by atoms with Crippen LogP contribution >= 0.6 is 11.3 Å². The van der Waals surface area contributed by atoms with E-state index < -0.39 is 5.92 Å². The zero-order chi connectivity index (χ0) is 19.7. The molecule has 4 rings (SSSR count). The summed E-state index contributed by atoms with van der Waals surface area (Å²) in [5, 5.41) is 4.87. The second kappa shape index (κ2) is 7.56. The van der Waals surface area contributed by atoms with E-state index in [4.69, 9.17) is 0 Å². The summed E-state index contributed by atoms with van der Waals surface area (Å²) in [6.45, 7) is 3.96. The van der Waals surface area contributed by atoms with Crippen LogP contribution in [0.25, 0.3) is 0 Å². The number of thiophene rings is 1. The van der Waals surface area contributed by atoms with E-state index in [-0.39, 0.29) is 24.3 Å². The lowest BCUT2D eigenvalue weighted by molar-refractivity contribution is -0.122. The Balaban J connectivity index is 1.67. The van der Waals surface area contributed by atoms with Crippen LogP contribution in [0.3, 0.4) is 0 Å². The Labute approximate surface area is 168 Å². The smallest absolute Gasteiger partial charge is 0.231 e. The highest BCUT2D eigenvalue weighted by molar-refractivity contribution is 7.10. The molecule has 142 valence electrons. The third-order valence-electron chi connectivity index (χ3n) is 4.97. The van der Waals surface area contributed by atoms with Crippen LogP contribution in [-0.2, 0) is 9.59 Å². The molecule has 0 radical (unpaired) electrons. The molecule has 1 saturated heterocycles. The fourth-order valence-electron chi connectivity index (χ4n) is 3.59. The molecular weight excluding hydrogens is 370 g/mol. The van der Waals surface area contributed by atoms with E-state index in [2.05, 4.69) is 10.3 Å². The molecule has 0 unspecified atom stereocenters. The number of carbonyl (C=O) groups excluding carboxylic acids is 2. The summed E-state index contributed by atoms with van der Waals surface area (Å²) in [6, 6.07) is 15.2. The highest BCUT2D eigenvalue weighted by Gasteiger charge is 2.45. The largest absolute Gasteiger partial charge is 0.310 e. The summed E-state index contributed by atoms with van der Waals surface area (Å²) >= 11 is 1.56. The van der Waals surface area contributed by atoms with Crippen molar-refractivity contribution in [3.63, 3.8) is 0 Å².